The summed E-state index contributed by atoms with van der Waals surface area (Å²) in [7, 11) is 0. The number of rotatable bonds is 2. The van der Waals surface area contributed by atoms with Crippen molar-refractivity contribution in [2.75, 3.05) is 0 Å². The van der Waals surface area contributed by atoms with Gasteiger partial charge in [0.2, 0.25) is 0 Å². The van der Waals surface area contributed by atoms with Crippen LogP contribution in [0.5, 0.6) is 11.5 Å². The average Bonchev–Trinajstić information content (AvgIpc) is 3.56. The van der Waals surface area contributed by atoms with Crippen LogP contribution in [0.1, 0.15) is 0 Å². The summed E-state index contributed by atoms with van der Waals surface area (Å²) in [5.41, 5.74) is 11.6. The van der Waals surface area contributed by atoms with E-state index in [2.05, 4.69) is 161 Å². The Balaban J connectivity index is 1.33. The molecule has 3 heterocycles. The minimum absolute atomic E-state index is 0.866. The van der Waals surface area contributed by atoms with Gasteiger partial charge in [0.1, 0.15) is 11.5 Å². The summed E-state index contributed by atoms with van der Waals surface area (Å²) in [6, 6.07) is 56.4. The van der Waals surface area contributed by atoms with Gasteiger partial charge in [0.15, 0.2) is 0 Å². The van der Waals surface area contributed by atoms with Crippen LogP contribution in [0.15, 0.2) is 158 Å². The van der Waals surface area contributed by atoms with E-state index in [9.17, 15) is 0 Å². The minimum atomic E-state index is 0.866. The maximum Gasteiger partial charge on any atom is 0.137 e. The fraction of sp³-hybridized carbons (Fsp3) is 0. The van der Waals surface area contributed by atoms with Crippen LogP contribution in [0, 0.1) is 0 Å². The zero-order valence-electron chi connectivity index (χ0n) is 24.3. The molecule has 7 aromatic carbocycles. The number of fused-ring (bicyclic) bond motifs is 12. The number of aromatic nitrogens is 2. The molecule has 210 valence electrons. The molecule has 2 aromatic heterocycles. The summed E-state index contributed by atoms with van der Waals surface area (Å²) >= 11 is 0. The predicted molar refractivity (Wildman–Crippen MR) is 186 cm³/mol. The van der Waals surface area contributed by atoms with Gasteiger partial charge in [0, 0.05) is 44.0 Å². The molecule has 1 aliphatic heterocycles. The Morgan fingerprint density at radius 1 is 0.356 bits per heavy atom. The van der Waals surface area contributed by atoms with Crippen molar-refractivity contribution in [1.29, 1.82) is 0 Å². The lowest BCUT2D eigenvalue weighted by molar-refractivity contribution is 0.488. The van der Waals surface area contributed by atoms with Gasteiger partial charge in [-0.05, 0) is 71.8 Å². The maximum absolute atomic E-state index is 6.74. The van der Waals surface area contributed by atoms with E-state index in [0.29, 0.717) is 0 Å². The van der Waals surface area contributed by atoms with Crippen molar-refractivity contribution in [2.45, 2.75) is 0 Å². The third-order valence-corrected chi connectivity index (χ3v) is 9.32. The Morgan fingerprint density at radius 2 is 0.978 bits per heavy atom. The molecular formula is C42H26N2O. The quantitative estimate of drug-likeness (QED) is 0.201. The Labute approximate surface area is 259 Å². The van der Waals surface area contributed by atoms with Gasteiger partial charge in [0.05, 0.1) is 22.1 Å². The fourth-order valence-corrected chi connectivity index (χ4v) is 7.44. The molecule has 0 saturated heterocycles. The lowest BCUT2D eigenvalue weighted by Crippen LogP contribution is -1.97. The molecule has 0 bridgehead atoms. The van der Waals surface area contributed by atoms with E-state index in [4.69, 9.17) is 4.74 Å². The third kappa shape index (κ3) is 3.41. The van der Waals surface area contributed by atoms with Gasteiger partial charge in [-0.15, -0.1) is 0 Å². The molecule has 0 N–H and O–H groups in total. The average molecular weight is 575 g/mol. The second kappa shape index (κ2) is 9.22. The van der Waals surface area contributed by atoms with Gasteiger partial charge in [-0.25, -0.2) is 0 Å². The summed E-state index contributed by atoms with van der Waals surface area (Å²) in [5, 5.41) is 4.90. The molecule has 0 fully saturated rings. The highest BCUT2D eigenvalue weighted by atomic mass is 16.5. The Morgan fingerprint density at radius 3 is 1.80 bits per heavy atom. The highest BCUT2D eigenvalue weighted by Gasteiger charge is 2.26. The third-order valence-electron chi connectivity index (χ3n) is 9.32. The predicted octanol–water partition coefficient (Wildman–Crippen LogP) is 11.3. The fourth-order valence-electron chi connectivity index (χ4n) is 7.44. The molecule has 3 nitrogen and oxygen atoms in total. The van der Waals surface area contributed by atoms with Crippen LogP contribution in [-0.2, 0) is 0 Å². The molecule has 3 heteroatoms. The van der Waals surface area contributed by atoms with E-state index >= 15 is 0 Å². The number of ether oxygens (including phenoxy) is 1. The van der Waals surface area contributed by atoms with Crippen molar-refractivity contribution in [2.24, 2.45) is 0 Å². The van der Waals surface area contributed by atoms with E-state index < -0.39 is 0 Å². The molecule has 0 radical (unpaired) electrons. The number of hydrogen-bond acceptors (Lipinski definition) is 1. The Kier molecular flexibility index (Phi) is 5.00. The summed E-state index contributed by atoms with van der Waals surface area (Å²) in [6.45, 7) is 0. The summed E-state index contributed by atoms with van der Waals surface area (Å²) in [4.78, 5) is 0. The molecule has 10 rings (SSSR count). The largest absolute Gasteiger partial charge is 0.456 e. The van der Waals surface area contributed by atoms with Gasteiger partial charge in [-0.3, -0.25) is 0 Å². The molecule has 0 atom stereocenters. The molecule has 9 aromatic rings. The molecule has 0 amide bonds. The number of benzene rings is 7. The first kappa shape index (κ1) is 24.4. The smallest absolute Gasteiger partial charge is 0.137 e. The molecule has 0 spiro atoms. The van der Waals surface area contributed by atoms with Crippen molar-refractivity contribution < 1.29 is 4.74 Å². The van der Waals surface area contributed by atoms with Gasteiger partial charge >= 0.3 is 0 Å². The monoisotopic (exact) mass is 574 g/mol. The summed E-state index contributed by atoms with van der Waals surface area (Å²) in [5.74, 6) is 1.74. The van der Waals surface area contributed by atoms with Crippen molar-refractivity contribution in [3.05, 3.63) is 158 Å². The van der Waals surface area contributed by atoms with Gasteiger partial charge < -0.3 is 13.9 Å². The lowest BCUT2D eigenvalue weighted by atomic mass is 9.93. The van der Waals surface area contributed by atoms with Gasteiger partial charge in [0.25, 0.3) is 0 Å². The van der Waals surface area contributed by atoms with E-state index in [-0.39, 0.29) is 0 Å². The first-order valence-electron chi connectivity index (χ1n) is 15.4. The van der Waals surface area contributed by atoms with E-state index in [1.807, 2.05) is 6.07 Å². The van der Waals surface area contributed by atoms with Crippen LogP contribution in [0.25, 0.3) is 77.2 Å². The lowest BCUT2D eigenvalue weighted by Gasteiger charge is -2.15. The van der Waals surface area contributed by atoms with Gasteiger partial charge in [-0.1, -0.05) is 97.1 Å². The van der Waals surface area contributed by atoms with Crippen LogP contribution >= 0.6 is 0 Å². The Hall–Kier alpha value is -6.06. The standard InChI is InChI=1S/C42H26N2O/c1-2-12-27(13-3-1)43-36-19-9-7-16-31(36)35-26-28(22-24-38(35)43)44-37-20-10-6-15-30(37)34-23-25-40-41(42(34)44)33-18-5-4-14-29(33)32-17-8-11-21-39(32)45-40/h1-26H. The van der Waals surface area contributed by atoms with Crippen LogP contribution in [-0.4, -0.2) is 9.13 Å². The molecule has 0 unspecified atom stereocenters. The first-order valence-corrected chi connectivity index (χ1v) is 15.4. The van der Waals surface area contributed by atoms with Crippen molar-refractivity contribution in [3.63, 3.8) is 0 Å². The van der Waals surface area contributed by atoms with E-state index in [0.717, 1.165) is 39.5 Å². The zero-order chi connectivity index (χ0) is 29.5. The SMILES string of the molecule is c1ccc(-n2c3ccccc3c3cc(-n4c5ccccc5c5ccc6c(c54)-c4ccccc4-c4ccccc4O6)ccc32)cc1. The van der Waals surface area contributed by atoms with Crippen LogP contribution in [0.2, 0.25) is 0 Å². The highest BCUT2D eigenvalue weighted by Crippen LogP contribution is 2.51. The number of hydrogen-bond donors (Lipinski definition) is 0. The topological polar surface area (TPSA) is 19.1 Å². The van der Waals surface area contributed by atoms with Crippen molar-refractivity contribution in [3.8, 4) is 45.1 Å². The number of nitrogens with zero attached hydrogens (tertiary/aromatic N) is 2. The molecular weight excluding hydrogens is 548 g/mol. The molecule has 0 aliphatic carbocycles. The highest BCUT2D eigenvalue weighted by molar-refractivity contribution is 6.17. The van der Waals surface area contributed by atoms with Crippen molar-refractivity contribution in [1.82, 2.24) is 9.13 Å². The molecule has 1 aliphatic rings. The van der Waals surface area contributed by atoms with Crippen LogP contribution < -0.4 is 4.74 Å². The van der Waals surface area contributed by atoms with Gasteiger partial charge in [-0.2, -0.15) is 0 Å². The second-order valence-corrected chi connectivity index (χ2v) is 11.7. The Bertz CT molecular complexity index is 2620. The van der Waals surface area contributed by atoms with E-state index in [1.54, 1.807) is 0 Å². The number of para-hydroxylation sites is 4. The summed E-state index contributed by atoms with van der Waals surface area (Å²) in [6.07, 6.45) is 0. The zero-order valence-corrected chi connectivity index (χ0v) is 24.3. The maximum atomic E-state index is 6.74. The van der Waals surface area contributed by atoms with Crippen LogP contribution in [0.4, 0.5) is 0 Å². The van der Waals surface area contributed by atoms with E-state index in [1.165, 1.54) is 49.2 Å². The van der Waals surface area contributed by atoms with Crippen molar-refractivity contribution >= 4 is 43.6 Å². The normalized spacial score (nSPS) is 12.2. The second-order valence-electron chi connectivity index (χ2n) is 11.7. The summed E-state index contributed by atoms with van der Waals surface area (Å²) < 4.78 is 11.6. The molecule has 0 saturated carbocycles. The van der Waals surface area contributed by atoms with Crippen LogP contribution in [0.3, 0.4) is 0 Å². The first-order chi connectivity index (χ1) is 22.3. The molecule has 45 heavy (non-hydrogen) atoms. The minimum Gasteiger partial charge on any atom is -0.456 e.